The van der Waals surface area contributed by atoms with Gasteiger partial charge in [-0.15, -0.1) is 0 Å². The Bertz CT molecular complexity index is 896. The van der Waals surface area contributed by atoms with Crippen molar-refractivity contribution in [2.75, 3.05) is 26.7 Å². The fraction of sp³-hybridized carbons (Fsp3) is 0.409. The van der Waals surface area contributed by atoms with Crippen molar-refractivity contribution in [3.8, 4) is 0 Å². The van der Waals surface area contributed by atoms with Gasteiger partial charge in [0, 0.05) is 30.4 Å². The Morgan fingerprint density at radius 3 is 2.41 bits per heavy atom. The maximum absolute atomic E-state index is 12.8. The third-order valence-corrected chi connectivity index (χ3v) is 5.43. The van der Waals surface area contributed by atoms with E-state index in [4.69, 9.17) is 4.74 Å². The van der Waals surface area contributed by atoms with Gasteiger partial charge in [-0.3, -0.25) is 14.5 Å². The molecule has 29 heavy (non-hydrogen) atoms. The van der Waals surface area contributed by atoms with E-state index in [0.29, 0.717) is 28.1 Å². The molecular formula is C22H27N3O4. The molecule has 0 aliphatic carbocycles. The number of rotatable bonds is 6. The highest BCUT2D eigenvalue weighted by molar-refractivity contribution is 6.02. The highest BCUT2D eigenvalue weighted by atomic mass is 16.5. The molecule has 1 aliphatic rings. The number of piperidine rings is 1. The molecule has 1 fully saturated rings. The summed E-state index contributed by atoms with van der Waals surface area (Å²) in [6.45, 7) is 5.26. The van der Waals surface area contributed by atoms with Crippen LogP contribution in [0.3, 0.4) is 0 Å². The number of hydrogen-bond donors (Lipinski definition) is 2. The molecule has 0 radical (unpaired) electrons. The lowest BCUT2D eigenvalue weighted by atomic mass is 10.0. The van der Waals surface area contributed by atoms with Crippen LogP contribution in [-0.2, 0) is 4.74 Å². The Balaban J connectivity index is 1.54. The van der Waals surface area contributed by atoms with Crippen LogP contribution in [0.25, 0.3) is 0 Å². The number of aromatic amines is 1. The van der Waals surface area contributed by atoms with Crippen molar-refractivity contribution in [1.29, 1.82) is 0 Å². The van der Waals surface area contributed by atoms with Crippen LogP contribution in [0.4, 0.5) is 0 Å². The number of Topliss-reactive ketones (excluding diaryl/α,β-unsaturated/α-hetero) is 1. The summed E-state index contributed by atoms with van der Waals surface area (Å²) in [6.07, 6.45) is 1.59. The van der Waals surface area contributed by atoms with E-state index in [0.717, 1.165) is 25.9 Å². The topological polar surface area (TPSA) is 91.5 Å². The van der Waals surface area contributed by atoms with Crippen LogP contribution >= 0.6 is 0 Å². The summed E-state index contributed by atoms with van der Waals surface area (Å²) in [5, 5.41) is 3.07. The maximum atomic E-state index is 12.8. The molecule has 0 bridgehead atoms. The Hall–Kier alpha value is -2.93. The number of H-pyrrole nitrogens is 1. The summed E-state index contributed by atoms with van der Waals surface area (Å²) in [6, 6.07) is 9.28. The van der Waals surface area contributed by atoms with Crippen LogP contribution in [0.15, 0.2) is 30.3 Å². The minimum absolute atomic E-state index is 0.0486. The van der Waals surface area contributed by atoms with E-state index in [1.807, 2.05) is 18.2 Å². The van der Waals surface area contributed by atoms with E-state index in [9.17, 15) is 14.4 Å². The molecule has 0 atom stereocenters. The predicted octanol–water partition coefficient (Wildman–Crippen LogP) is 2.50. The second kappa shape index (κ2) is 9.05. The average molecular weight is 397 g/mol. The van der Waals surface area contributed by atoms with Gasteiger partial charge in [-0.2, -0.15) is 0 Å². The number of aromatic nitrogens is 1. The van der Waals surface area contributed by atoms with Gasteiger partial charge in [-0.05, 0) is 44.4 Å². The van der Waals surface area contributed by atoms with Gasteiger partial charge in [0.1, 0.15) is 0 Å². The zero-order chi connectivity index (χ0) is 21.0. The van der Waals surface area contributed by atoms with Crippen LogP contribution in [-0.4, -0.2) is 60.3 Å². The van der Waals surface area contributed by atoms with E-state index >= 15 is 0 Å². The monoisotopic (exact) mass is 397 g/mol. The quantitative estimate of drug-likeness (QED) is 0.577. The van der Waals surface area contributed by atoms with Crippen molar-refractivity contribution in [3.63, 3.8) is 0 Å². The van der Waals surface area contributed by atoms with Crippen molar-refractivity contribution >= 4 is 17.7 Å². The number of carbonyl (C=O) groups excluding carboxylic acids is 3. The number of methoxy groups -OCH3 is 1. The van der Waals surface area contributed by atoms with E-state index < -0.39 is 5.97 Å². The number of hydrogen-bond acceptors (Lipinski definition) is 5. The zero-order valence-electron chi connectivity index (χ0n) is 17.1. The number of ether oxygens (including phenoxy) is 1. The van der Waals surface area contributed by atoms with Crippen molar-refractivity contribution < 1.29 is 19.1 Å². The number of nitrogens with zero attached hydrogens (tertiary/aromatic N) is 1. The molecule has 0 spiro atoms. The lowest BCUT2D eigenvalue weighted by Gasteiger charge is -2.31. The first-order valence-corrected chi connectivity index (χ1v) is 9.79. The van der Waals surface area contributed by atoms with Gasteiger partial charge in [0.05, 0.1) is 24.9 Å². The van der Waals surface area contributed by atoms with E-state index in [2.05, 4.69) is 15.2 Å². The number of ketones is 1. The second-order valence-corrected chi connectivity index (χ2v) is 7.43. The van der Waals surface area contributed by atoms with Crippen LogP contribution in [0.5, 0.6) is 0 Å². The van der Waals surface area contributed by atoms with Gasteiger partial charge in [0.15, 0.2) is 5.78 Å². The van der Waals surface area contributed by atoms with E-state index in [1.165, 1.54) is 7.11 Å². The molecule has 0 saturated carbocycles. The minimum Gasteiger partial charge on any atom is -0.465 e. The van der Waals surface area contributed by atoms with Crippen molar-refractivity contribution in [2.24, 2.45) is 0 Å². The molecule has 3 rings (SSSR count). The van der Waals surface area contributed by atoms with Gasteiger partial charge in [-0.25, -0.2) is 4.79 Å². The standard InChI is InChI=1S/C22H27N3O4/c1-14-19(22(28)29-3)15(2)23-20(14)18(26)13-25-11-9-17(10-12-25)24-21(27)16-7-5-4-6-8-16/h4-8,17,23H,9-13H2,1-3H3,(H,24,27). The fourth-order valence-corrected chi connectivity index (χ4v) is 3.81. The van der Waals surface area contributed by atoms with Crippen LogP contribution in [0, 0.1) is 13.8 Å². The lowest BCUT2D eigenvalue weighted by Crippen LogP contribution is -2.46. The number of nitrogens with one attached hydrogen (secondary N) is 2. The van der Waals surface area contributed by atoms with Gasteiger partial charge in [0.25, 0.3) is 5.91 Å². The van der Waals surface area contributed by atoms with Crippen LogP contribution < -0.4 is 5.32 Å². The SMILES string of the molecule is COC(=O)c1c(C)[nH]c(C(=O)CN2CCC(NC(=O)c3ccccc3)CC2)c1C. The third kappa shape index (κ3) is 4.74. The Morgan fingerprint density at radius 1 is 1.14 bits per heavy atom. The molecule has 1 aliphatic heterocycles. The molecule has 1 aromatic carbocycles. The number of likely N-dealkylation sites (tertiary alicyclic amines) is 1. The first-order chi connectivity index (χ1) is 13.9. The minimum atomic E-state index is -0.440. The number of aryl methyl sites for hydroxylation is 1. The van der Waals surface area contributed by atoms with Crippen LogP contribution in [0.1, 0.15) is 55.3 Å². The molecule has 2 heterocycles. The molecule has 7 nitrogen and oxygen atoms in total. The molecular weight excluding hydrogens is 370 g/mol. The summed E-state index contributed by atoms with van der Waals surface area (Å²) in [5.74, 6) is -0.550. The highest BCUT2D eigenvalue weighted by Crippen LogP contribution is 2.20. The molecule has 1 saturated heterocycles. The predicted molar refractivity (Wildman–Crippen MR) is 109 cm³/mol. The Labute approximate surface area is 170 Å². The first kappa shape index (κ1) is 20.8. The summed E-state index contributed by atoms with van der Waals surface area (Å²) >= 11 is 0. The molecule has 154 valence electrons. The lowest BCUT2D eigenvalue weighted by molar-refractivity contribution is 0.0599. The normalized spacial score (nSPS) is 15.1. The third-order valence-electron chi connectivity index (χ3n) is 5.43. The van der Waals surface area contributed by atoms with Crippen molar-refractivity contribution in [2.45, 2.75) is 32.7 Å². The number of esters is 1. The van der Waals surface area contributed by atoms with Gasteiger partial charge >= 0.3 is 5.97 Å². The average Bonchev–Trinajstić information content (AvgIpc) is 3.03. The molecule has 2 N–H and O–H groups in total. The summed E-state index contributed by atoms with van der Waals surface area (Å²) < 4.78 is 4.80. The number of benzene rings is 1. The highest BCUT2D eigenvalue weighted by Gasteiger charge is 2.26. The van der Waals surface area contributed by atoms with Gasteiger partial charge in [0.2, 0.25) is 0 Å². The summed E-state index contributed by atoms with van der Waals surface area (Å²) in [4.78, 5) is 42.1. The van der Waals surface area contributed by atoms with Gasteiger partial charge in [-0.1, -0.05) is 18.2 Å². The first-order valence-electron chi connectivity index (χ1n) is 9.79. The Kier molecular flexibility index (Phi) is 6.49. The molecule has 1 amide bonds. The Morgan fingerprint density at radius 2 is 1.79 bits per heavy atom. The molecule has 1 aromatic heterocycles. The largest absolute Gasteiger partial charge is 0.465 e. The second-order valence-electron chi connectivity index (χ2n) is 7.43. The fourth-order valence-electron chi connectivity index (χ4n) is 3.81. The van der Waals surface area contributed by atoms with Crippen molar-refractivity contribution in [3.05, 3.63) is 58.4 Å². The zero-order valence-corrected chi connectivity index (χ0v) is 17.1. The maximum Gasteiger partial charge on any atom is 0.339 e. The summed E-state index contributed by atoms with van der Waals surface area (Å²) in [5.41, 5.74) is 2.81. The number of carbonyl (C=O) groups is 3. The van der Waals surface area contributed by atoms with E-state index in [-0.39, 0.29) is 24.3 Å². The number of amides is 1. The molecule has 0 unspecified atom stereocenters. The summed E-state index contributed by atoms with van der Waals surface area (Å²) in [7, 11) is 1.33. The van der Waals surface area contributed by atoms with Crippen molar-refractivity contribution in [1.82, 2.24) is 15.2 Å². The molecule has 2 aromatic rings. The van der Waals surface area contributed by atoms with Gasteiger partial charge < -0.3 is 15.0 Å². The smallest absolute Gasteiger partial charge is 0.339 e. The van der Waals surface area contributed by atoms with E-state index in [1.54, 1.807) is 26.0 Å². The molecule has 7 heteroatoms. The van der Waals surface area contributed by atoms with Crippen LogP contribution in [0.2, 0.25) is 0 Å².